The van der Waals surface area contributed by atoms with Gasteiger partial charge in [0.2, 0.25) is 0 Å². The number of benzene rings is 1. The average molecular weight is 349 g/mol. The van der Waals surface area contributed by atoms with E-state index in [1.807, 2.05) is 44.1 Å². The molecule has 2 aromatic rings. The van der Waals surface area contributed by atoms with Crippen LogP contribution in [0, 0.1) is 6.92 Å². The molecule has 0 saturated heterocycles. The van der Waals surface area contributed by atoms with E-state index >= 15 is 0 Å². The SMILES string of the molecule is Cc1ccc(NC(=O)c2cc(Br)cnc2N)cc1N(C)C. The number of pyridine rings is 1. The van der Waals surface area contributed by atoms with Gasteiger partial charge in [0, 0.05) is 36.1 Å². The summed E-state index contributed by atoms with van der Waals surface area (Å²) in [7, 11) is 3.92. The Balaban J connectivity index is 2.27. The number of nitrogens with zero attached hydrogens (tertiary/aromatic N) is 2. The fraction of sp³-hybridized carbons (Fsp3) is 0.200. The van der Waals surface area contributed by atoms with E-state index in [4.69, 9.17) is 5.73 Å². The maximum Gasteiger partial charge on any atom is 0.259 e. The Hall–Kier alpha value is -2.08. The van der Waals surface area contributed by atoms with Crippen molar-refractivity contribution in [2.75, 3.05) is 30.0 Å². The third-order valence-electron chi connectivity index (χ3n) is 3.08. The van der Waals surface area contributed by atoms with E-state index < -0.39 is 0 Å². The molecule has 3 N–H and O–H groups in total. The number of carbonyl (C=O) groups excluding carboxylic acids is 1. The second-order valence-electron chi connectivity index (χ2n) is 4.94. The van der Waals surface area contributed by atoms with Crippen molar-refractivity contribution in [2.24, 2.45) is 0 Å². The predicted octanol–water partition coefficient (Wildman–Crippen LogP) is 3.05. The Morgan fingerprint density at radius 1 is 1.33 bits per heavy atom. The molecule has 0 unspecified atom stereocenters. The second kappa shape index (κ2) is 6.13. The summed E-state index contributed by atoms with van der Waals surface area (Å²) in [4.78, 5) is 18.3. The number of hydrogen-bond donors (Lipinski definition) is 2. The molecule has 5 nitrogen and oxygen atoms in total. The summed E-state index contributed by atoms with van der Waals surface area (Å²) < 4.78 is 0.708. The normalized spacial score (nSPS) is 10.3. The topological polar surface area (TPSA) is 71.2 Å². The summed E-state index contributed by atoms with van der Waals surface area (Å²) in [6.45, 7) is 2.02. The standard InChI is InChI=1S/C15H17BrN4O/c1-9-4-5-11(7-13(9)20(2)3)19-15(21)12-6-10(16)8-18-14(12)17/h4-8H,1-3H3,(H2,17,18)(H,19,21). The molecular weight excluding hydrogens is 332 g/mol. The van der Waals surface area contributed by atoms with Crippen LogP contribution in [0.15, 0.2) is 34.9 Å². The first-order valence-electron chi connectivity index (χ1n) is 6.39. The van der Waals surface area contributed by atoms with E-state index in [1.165, 1.54) is 0 Å². The fourth-order valence-corrected chi connectivity index (χ4v) is 2.33. The van der Waals surface area contributed by atoms with Gasteiger partial charge in [-0.3, -0.25) is 4.79 Å². The summed E-state index contributed by atoms with van der Waals surface area (Å²) in [5.74, 6) is -0.0782. The number of nitrogens with two attached hydrogens (primary N) is 1. The number of hydrogen-bond acceptors (Lipinski definition) is 4. The van der Waals surface area contributed by atoms with Crippen molar-refractivity contribution >= 4 is 39.0 Å². The molecule has 0 aliphatic carbocycles. The Kier molecular flexibility index (Phi) is 4.47. The van der Waals surface area contributed by atoms with Crippen molar-refractivity contribution < 1.29 is 4.79 Å². The van der Waals surface area contributed by atoms with Gasteiger partial charge in [-0.15, -0.1) is 0 Å². The molecule has 1 amide bonds. The number of nitrogen functional groups attached to an aromatic ring is 1. The lowest BCUT2D eigenvalue weighted by molar-refractivity contribution is 0.102. The van der Waals surface area contributed by atoms with E-state index in [2.05, 4.69) is 26.2 Å². The van der Waals surface area contributed by atoms with Crippen LogP contribution in [0.5, 0.6) is 0 Å². The molecular formula is C15H17BrN4O. The number of aryl methyl sites for hydroxylation is 1. The van der Waals surface area contributed by atoms with Crippen molar-refractivity contribution in [1.29, 1.82) is 0 Å². The van der Waals surface area contributed by atoms with E-state index in [-0.39, 0.29) is 11.7 Å². The molecule has 0 bridgehead atoms. The molecule has 0 atom stereocenters. The third-order valence-corrected chi connectivity index (χ3v) is 3.51. The van der Waals surface area contributed by atoms with Crippen LogP contribution in [-0.2, 0) is 0 Å². The van der Waals surface area contributed by atoms with Gasteiger partial charge in [-0.2, -0.15) is 0 Å². The van der Waals surface area contributed by atoms with Crippen molar-refractivity contribution in [1.82, 2.24) is 4.98 Å². The van der Waals surface area contributed by atoms with Crippen LogP contribution in [-0.4, -0.2) is 25.0 Å². The van der Waals surface area contributed by atoms with E-state index in [1.54, 1.807) is 12.3 Å². The number of carbonyl (C=O) groups is 1. The van der Waals surface area contributed by atoms with Crippen molar-refractivity contribution in [2.45, 2.75) is 6.92 Å². The Morgan fingerprint density at radius 3 is 2.71 bits per heavy atom. The van der Waals surface area contributed by atoms with Gasteiger partial charge in [-0.25, -0.2) is 4.98 Å². The first-order chi connectivity index (χ1) is 9.88. The molecule has 0 fully saturated rings. The van der Waals surface area contributed by atoms with Crippen molar-refractivity contribution in [3.8, 4) is 0 Å². The summed E-state index contributed by atoms with van der Waals surface area (Å²) >= 11 is 3.29. The second-order valence-corrected chi connectivity index (χ2v) is 5.85. The summed E-state index contributed by atoms with van der Waals surface area (Å²) in [5, 5.41) is 2.84. The predicted molar refractivity (Wildman–Crippen MR) is 89.8 cm³/mol. The first kappa shape index (κ1) is 15.3. The Morgan fingerprint density at radius 2 is 2.05 bits per heavy atom. The molecule has 0 saturated carbocycles. The number of rotatable bonds is 3. The first-order valence-corrected chi connectivity index (χ1v) is 7.18. The minimum Gasteiger partial charge on any atom is -0.383 e. The zero-order chi connectivity index (χ0) is 15.6. The molecule has 6 heteroatoms. The smallest absolute Gasteiger partial charge is 0.259 e. The number of amides is 1. The van der Waals surface area contributed by atoms with Crippen LogP contribution in [0.25, 0.3) is 0 Å². The lowest BCUT2D eigenvalue weighted by atomic mass is 10.1. The quantitative estimate of drug-likeness (QED) is 0.894. The van der Waals surface area contributed by atoms with Crippen molar-refractivity contribution in [3.63, 3.8) is 0 Å². The van der Waals surface area contributed by atoms with Crippen LogP contribution < -0.4 is 16.0 Å². The molecule has 0 aliphatic rings. The van der Waals surface area contributed by atoms with E-state index in [0.29, 0.717) is 15.7 Å². The highest BCUT2D eigenvalue weighted by Crippen LogP contribution is 2.23. The molecule has 0 aliphatic heterocycles. The Labute approximate surface area is 132 Å². The van der Waals surface area contributed by atoms with Gasteiger partial charge in [0.1, 0.15) is 5.82 Å². The minimum absolute atomic E-state index is 0.204. The molecule has 1 aromatic heterocycles. The van der Waals surface area contributed by atoms with Crippen LogP contribution in [0.2, 0.25) is 0 Å². The van der Waals surface area contributed by atoms with Crippen LogP contribution in [0.1, 0.15) is 15.9 Å². The van der Waals surface area contributed by atoms with E-state index in [0.717, 1.165) is 11.3 Å². The number of halogens is 1. The molecule has 1 heterocycles. The minimum atomic E-state index is -0.283. The molecule has 0 radical (unpaired) electrons. The lowest BCUT2D eigenvalue weighted by Crippen LogP contribution is -2.16. The molecule has 1 aromatic carbocycles. The zero-order valence-electron chi connectivity index (χ0n) is 12.1. The summed E-state index contributed by atoms with van der Waals surface area (Å²) in [6.07, 6.45) is 1.56. The summed E-state index contributed by atoms with van der Waals surface area (Å²) in [6, 6.07) is 7.41. The van der Waals surface area contributed by atoms with Crippen LogP contribution >= 0.6 is 15.9 Å². The van der Waals surface area contributed by atoms with Gasteiger partial charge >= 0.3 is 0 Å². The lowest BCUT2D eigenvalue weighted by Gasteiger charge is -2.17. The van der Waals surface area contributed by atoms with Gasteiger partial charge in [-0.05, 0) is 46.6 Å². The molecule has 0 spiro atoms. The van der Waals surface area contributed by atoms with Gasteiger partial charge in [0.25, 0.3) is 5.91 Å². The monoisotopic (exact) mass is 348 g/mol. The maximum atomic E-state index is 12.3. The molecule has 110 valence electrons. The number of anilines is 3. The number of nitrogens with one attached hydrogen (secondary N) is 1. The fourth-order valence-electron chi connectivity index (χ4n) is 2.00. The molecule has 2 rings (SSSR count). The highest BCUT2D eigenvalue weighted by atomic mass is 79.9. The van der Waals surface area contributed by atoms with Gasteiger partial charge in [0.05, 0.1) is 5.56 Å². The third kappa shape index (κ3) is 3.52. The Bertz CT molecular complexity index is 685. The highest BCUT2D eigenvalue weighted by Gasteiger charge is 2.12. The van der Waals surface area contributed by atoms with Crippen LogP contribution in [0.3, 0.4) is 0 Å². The zero-order valence-corrected chi connectivity index (χ0v) is 13.7. The van der Waals surface area contributed by atoms with Gasteiger partial charge in [-0.1, -0.05) is 6.07 Å². The van der Waals surface area contributed by atoms with Gasteiger partial charge < -0.3 is 16.0 Å². The van der Waals surface area contributed by atoms with Crippen LogP contribution in [0.4, 0.5) is 17.2 Å². The maximum absolute atomic E-state index is 12.3. The van der Waals surface area contributed by atoms with Gasteiger partial charge in [0.15, 0.2) is 0 Å². The summed E-state index contributed by atoms with van der Waals surface area (Å²) in [5.41, 5.74) is 9.00. The number of aromatic nitrogens is 1. The average Bonchev–Trinajstić information content (AvgIpc) is 2.43. The van der Waals surface area contributed by atoms with E-state index in [9.17, 15) is 4.79 Å². The highest BCUT2D eigenvalue weighted by molar-refractivity contribution is 9.10. The molecule has 21 heavy (non-hydrogen) atoms. The van der Waals surface area contributed by atoms with Crippen molar-refractivity contribution in [3.05, 3.63) is 46.1 Å². The largest absolute Gasteiger partial charge is 0.383 e.